The van der Waals surface area contributed by atoms with Gasteiger partial charge in [0.15, 0.2) is 0 Å². The molecule has 0 bridgehead atoms. The molecular formula is C16H14ClF2N3. The Morgan fingerprint density at radius 2 is 1.77 bits per heavy atom. The maximum absolute atomic E-state index is 14.3. The van der Waals surface area contributed by atoms with Gasteiger partial charge in [-0.3, -0.25) is 0 Å². The fourth-order valence-electron chi connectivity index (χ4n) is 2.16. The van der Waals surface area contributed by atoms with Crippen LogP contribution in [0.3, 0.4) is 0 Å². The van der Waals surface area contributed by atoms with E-state index in [0.717, 1.165) is 0 Å². The molecule has 3 nitrogen and oxygen atoms in total. The van der Waals surface area contributed by atoms with Crippen molar-refractivity contribution < 1.29 is 8.78 Å². The number of halogens is 3. The van der Waals surface area contributed by atoms with Gasteiger partial charge in [0, 0.05) is 29.4 Å². The van der Waals surface area contributed by atoms with Crippen LogP contribution in [0.25, 0.3) is 16.8 Å². The van der Waals surface area contributed by atoms with Gasteiger partial charge < -0.3 is 5.73 Å². The molecule has 1 aromatic heterocycles. The summed E-state index contributed by atoms with van der Waals surface area (Å²) in [5, 5.41) is 4.19. The van der Waals surface area contributed by atoms with Crippen molar-refractivity contribution in [3.63, 3.8) is 0 Å². The Bertz CT molecular complexity index is 769. The monoisotopic (exact) mass is 321 g/mol. The molecule has 0 fully saturated rings. The highest BCUT2D eigenvalue weighted by Gasteiger charge is 2.11. The van der Waals surface area contributed by atoms with Crippen LogP contribution in [0.1, 0.15) is 5.56 Å². The van der Waals surface area contributed by atoms with E-state index >= 15 is 0 Å². The minimum atomic E-state index is -0.335. The third kappa shape index (κ3) is 3.00. The quantitative estimate of drug-likeness (QED) is 0.799. The molecular weight excluding hydrogens is 308 g/mol. The molecule has 0 unspecified atom stereocenters. The molecule has 2 N–H and O–H groups in total. The van der Waals surface area contributed by atoms with Crippen LogP contribution in [0.4, 0.5) is 8.78 Å². The molecule has 114 valence electrons. The van der Waals surface area contributed by atoms with Gasteiger partial charge in [-0.15, -0.1) is 12.4 Å². The van der Waals surface area contributed by atoms with Crippen molar-refractivity contribution in [2.75, 3.05) is 0 Å². The summed E-state index contributed by atoms with van der Waals surface area (Å²) in [7, 11) is 0. The lowest BCUT2D eigenvalue weighted by Gasteiger charge is -2.04. The van der Waals surface area contributed by atoms with Gasteiger partial charge in [-0.25, -0.2) is 13.5 Å². The molecule has 22 heavy (non-hydrogen) atoms. The predicted molar refractivity (Wildman–Crippen MR) is 84.1 cm³/mol. The molecule has 2 aromatic carbocycles. The van der Waals surface area contributed by atoms with Crippen molar-refractivity contribution in [2.45, 2.75) is 6.54 Å². The Labute approximate surface area is 132 Å². The van der Waals surface area contributed by atoms with Crippen LogP contribution in [0.5, 0.6) is 0 Å². The zero-order valence-corrected chi connectivity index (χ0v) is 12.4. The normalized spacial score (nSPS) is 10.3. The largest absolute Gasteiger partial charge is 0.326 e. The van der Waals surface area contributed by atoms with Crippen molar-refractivity contribution in [3.05, 3.63) is 72.1 Å². The summed E-state index contributed by atoms with van der Waals surface area (Å²) in [4.78, 5) is 0. The number of aromatic nitrogens is 2. The van der Waals surface area contributed by atoms with Crippen molar-refractivity contribution >= 4 is 12.4 Å². The van der Waals surface area contributed by atoms with Gasteiger partial charge in [-0.2, -0.15) is 5.10 Å². The second-order valence-corrected chi connectivity index (χ2v) is 4.63. The first-order valence-corrected chi connectivity index (χ1v) is 6.47. The van der Waals surface area contributed by atoms with Crippen LogP contribution in [0, 0.1) is 11.6 Å². The van der Waals surface area contributed by atoms with Crippen LogP contribution in [-0.4, -0.2) is 9.78 Å². The van der Waals surface area contributed by atoms with Crippen LogP contribution < -0.4 is 5.73 Å². The predicted octanol–water partition coefficient (Wildman–Crippen LogP) is 3.70. The van der Waals surface area contributed by atoms with E-state index < -0.39 is 0 Å². The van der Waals surface area contributed by atoms with E-state index in [1.165, 1.54) is 12.1 Å². The van der Waals surface area contributed by atoms with E-state index in [1.807, 2.05) is 0 Å². The molecule has 0 atom stereocenters. The summed E-state index contributed by atoms with van der Waals surface area (Å²) in [6.07, 6.45) is 3.27. The highest BCUT2D eigenvalue weighted by Crippen LogP contribution is 2.25. The van der Waals surface area contributed by atoms with E-state index in [4.69, 9.17) is 5.73 Å². The van der Waals surface area contributed by atoms with Crippen molar-refractivity contribution in [2.24, 2.45) is 5.73 Å². The molecule has 6 heteroatoms. The van der Waals surface area contributed by atoms with Crippen molar-refractivity contribution in [3.8, 4) is 16.8 Å². The molecule has 0 amide bonds. The van der Waals surface area contributed by atoms with E-state index in [1.54, 1.807) is 47.4 Å². The molecule has 0 saturated carbocycles. The molecule has 0 radical (unpaired) electrons. The Hall–Kier alpha value is -2.24. The summed E-state index contributed by atoms with van der Waals surface area (Å²) < 4.78 is 28.7. The zero-order valence-electron chi connectivity index (χ0n) is 11.5. The van der Waals surface area contributed by atoms with Gasteiger partial charge in [-0.05, 0) is 24.3 Å². The van der Waals surface area contributed by atoms with Gasteiger partial charge in [0.2, 0.25) is 0 Å². The van der Waals surface area contributed by atoms with E-state index in [9.17, 15) is 8.78 Å². The average molecular weight is 322 g/mol. The van der Waals surface area contributed by atoms with E-state index in [0.29, 0.717) is 22.4 Å². The lowest BCUT2D eigenvalue weighted by atomic mass is 10.1. The Kier molecular flexibility index (Phi) is 4.90. The molecule has 3 rings (SSSR count). The van der Waals surface area contributed by atoms with E-state index in [2.05, 4.69) is 5.10 Å². The average Bonchev–Trinajstić information content (AvgIpc) is 2.98. The molecule has 0 aliphatic carbocycles. The standard InChI is InChI=1S/C16H13F2N3.ClH/c17-13-4-6-14(7-5-13)21-10-12(9-20-21)15-3-1-2-11(8-19)16(15)18;/h1-7,9-10H,8,19H2;1H. The first-order chi connectivity index (χ1) is 10.2. The zero-order chi connectivity index (χ0) is 14.8. The summed E-state index contributed by atoms with van der Waals surface area (Å²) in [6, 6.07) is 11.0. The molecule has 3 aromatic rings. The van der Waals surface area contributed by atoms with Crippen molar-refractivity contribution in [1.82, 2.24) is 9.78 Å². The SMILES string of the molecule is Cl.NCc1cccc(-c2cnn(-c3ccc(F)cc3)c2)c1F. The minimum absolute atomic E-state index is 0. The first-order valence-electron chi connectivity index (χ1n) is 6.47. The topological polar surface area (TPSA) is 43.8 Å². The summed E-state index contributed by atoms with van der Waals surface area (Å²) in [5.41, 5.74) is 7.77. The Morgan fingerprint density at radius 1 is 1.05 bits per heavy atom. The highest BCUT2D eigenvalue weighted by atomic mass is 35.5. The second kappa shape index (κ2) is 6.68. The highest BCUT2D eigenvalue weighted by molar-refractivity contribution is 5.85. The number of benzene rings is 2. The Morgan fingerprint density at radius 3 is 2.45 bits per heavy atom. The number of rotatable bonds is 3. The van der Waals surface area contributed by atoms with Gasteiger partial charge in [0.25, 0.3) is 0 Å². The fourth-order valence-corrected chi connectivity index (χ4v) is 2.16. The molecule has 0 aliphatic heterocycles. The fraction of sp³-hybridized carbons (Fsp3) is 0.0625. The molecule has 1 heterocycles. The van der Waals surface area contributed by atoms with Gasteiger partial charge in [0.05, 0.1) is 11.9 Å². The van der Waals surface area contributed by atoms with Crippen LogP contribution in [0.2, 0.25) is 0 Å². The number of nitrogens with zero attached hydrogens (tertiary/aromatic N) is 2. The first kappa shape index (κ1) is 16.1. The second-order valence-electron chi connectivity index (χ2n) is 4.63. The molecule has 0 saturated heterocycles. The third-order valence-corrected chi connectivity index (χ3v) is 3.28. The van der Waals surface area contributed by atoms with Crippen LogP contribution in [0.15, 0.2) is 54.9 Å². The van der Waals surface area contributed by atoms with Gasteiger partial charge in [0.1, 0.15) is 11.6 Å². The van der Waals surface area contributed by atoms with Crippen molar-refractivity contribution in [1.29, 1.82) is 0 Å². The summed E-state index contributed by atoms with van der Waals surface area (Å²) >= 11 is 0. The molecule has 0 spiro atoms. The minimum Gasteiger partial charge on any atom is -0.326 e. The maximum atomic E-state index is 14.3. The number of hydrogen-bond donors (Lipinski definition) is 1. The number of nitrogens with two attached hydrogens (primary N) is 1. The Balaban J connectivity index is 0.00000176. The molecule has 0 aliphatic rings. The number of hydrogen-bond acceptors (Lipinski definition) is 2. The third-order valence-electron chi connectivity index (χ3n) is 3.28. The lowest BCUT2D eigenvalue weighted by Crippen LogP contribution is -2.00. The van der Waals surface area contributed by atoms with Gasteiger partial charge >= 0.3 is 0 Å². The van der Waals surface area contributed by atoms with Crippen LogP contribution in [-0.2, 0) is 6.54 Å². The smallest absolute Gasteiger partial charge is 0.135 e. The summed E-state index contributed by atoms with van der Waals surface area (Å²) in [6.45, 7) is 0.145. The summed E-state index contributed by atoms with van der Waals surface area (Å²) in [5.74, 6) is -0.647. The van der Waals surface area contributed by atoms with Crippen LogP contribution >= 0.6 is 12.4 Å². The maximum Gasteiger partial charge on any atom is 0.135 e. The van der Waals surface area contributed by atoms with Gasteiger partial charge in [-0.1, -0.05) is 18.2 Å². The lowest BCUT2D eigenvalue weighted by molar-refractivity contribution is 0.614. The van der Waals surface area contributed by atoms with E-state index in [-0.39, 0.29) is 30.6 Å².